The standard InChI is InChI=1S/C10H9BrN4O4S/c1-15-10(9(11)12-14-15)20(16,17)13-6-2-3-7-8(4-6)19-5-18-7/h2-4,13H,5H2,1H3. The molecule has 1 aliphatic heterocycles. The molecule has 0 bridgehead atoms. The molecule has 8 nitrogen and oxygen atoms in total. The first kappa shape index (κ1) is 13.2. The molecule has 106 valence electrons. The van der Waals surface area contributed by atoms with E-state index in [2.05, 4.69) is 31.0 Å². The first-order valence-electron chi connectivity index (χ1n) is 5.45. The number of anilines is 1. The second-order valence-electron chi connectivity index (χ2n) is 3.98. The maximum absolute atomic E-state index is 12.3. The Labute approximate surface area is 122 Å². The van der Waals surface area contributed by atoms with E-state index in [1.165, 1.54) is 11.7 Å². The van der Waals surface area contributed by atoms with E-state index in [0.717, 1.165) is 0 Å². The zero-order valence-electron chi connectivity index (χ0n) is 10.2. The molecule has 1 N–H and O–H groups in total. The van der Waals surface area contributed by atoms with Crippen LogP contribution in [0.15, 0.2) is 27.8 Å². The summed E-state index contributed by atoms with van der Waals surface area (Å²) >= 11 is 3.06. The van der Waals surface area contributed by atoms with Gasteiger partial charge in [0.15, 0.2) is 16.1 Å². The smallest absolute Gasteiger partial charge is 0.281 e. The number of aryl methyl sites for hydroxylation is 1. The molecule has 2 aromatic rings. The summed E-state index contributed by atoms with van der Waals surface area (Å²) in [7, 11) is -2.31. The van der Waals surface area contributed by atoms with E-state index < -0.39 is 10.0 Å². The van der Waals surface area contributed by atoms with Crippen LogP contribution in [0.5, 0.6) is 11.5 Å². The number of nitrogens with zero attached hydrogens (tertiary/aromatic N) is 3. The minimum absolute atomic E-state index is 0.0600. The lowest BCUT2D eigenvalue weighted by molar-refractivity contribution is 0.174. The fourth-order valence-electron chi connectivity index (χ4n) is 1.77. The molecule has 3 rings (SSSR count). The number of aromatic nitrogens is 3. The minimum atomic E-state index is -3.80. The third kappa shape index (κ3) is 2.20. The van der Waals surface area contributed by atoms with Crippen molar-refractivity contribution in [1.29, 1.82) is 0 Å². The third-order valence-corrected chi connectivity index (χ3v) is 4.88. The monoisotopic (exact) mass is 360 g/mol. The molecule has 0 amide bonds. The van der Waals surface area contributed by atoms with Crippen molar-refractivity contribution in [2.75, 3.05) is 11.5 Å². The summed E-state index contributed by atoms with van der Waals surface area (Å²) in [4.78, 5) is 0. The number of nitrogens with one attached hydrogen (secondary N) is 1. The molecule has 0 radical (unpaired) electrons. The van der Waals surface area contributed by atoms with Crippen molar-refractivity contribution in [3.05, 3.63) is 22.8 Å². The molecular formula is C10H9BrN4O4S. The first-order chi connectivity index (χ1) is 9.47. The average molecular weight is 361 g/mol. The molecule has 0 fully saturated rings. The maximum Gasteiger partial charge on any atom is 0.281 e. The van der Waals surface area contributed by atoms with Gasteiger partial charge in [-0.15, -0.1) is 5.10 Å². The topological polar surface area (TPSA) is 95.3 Å². The Balaban J connectivity index is 1.94. The van der Waals surface area contributed by atoms with Gasteiger partial charge in [-0.05, 0) is 28.1 Å². The number of ether oxygens (including phenoxy) is 2. The molecule has 20 heavy (non-hydrogen) atoms. The largest absolute Gasteiger partial charge is 0.454 e. The number of fused-ring (bicyclic) bond motifs is 1. The van der Waals surface area contributed by atoms with Crippen LogP contribution in [0.2, 0.25) is 0 Å². The van der Waals surface area contributed by atoms with Gasteiger partial charge in [-0.2, -0.15) is 8.42 Å². The van der Waals surface area contributed by atoms with Crippen LogP contribution in [0.25, 0.3) is 0 Å². The second-order valence-corrected chi connectivity index (χ2v) is 6.33. The molecule has 1 aliphatic rings. The van der Waals surface area contributed by atoms with Gasteiger partial charge in [0.1, 0.15) is 0 Å². The van der Waals surface area contributed by atoms with Gasteiger partial charge in [0, 0.05) is 13.1 Å². The summed E-state index contributed by atoms with van der Waals surface area (Å²) in [5.74, 6) is 1.07. The van der Waals surface area contributed by atoms with E-state index in [1.807, 2.05) is 0 Å². The molecule has 0 saturated heterocycles. The van der Waals surface area contributed by atoms with E-state index >= 15 is 0 Å². The van der Waals surface area contributed by atoms with Crippen LogP contribution in [-0.2, 0) is 17.1 Å². The Morgan fingerprint density at radius 2 is 2.10 bits per heavy atom. The number of hydrogen-bond donors (Lipinski definition) is 1. The molecule has 0 aliphatic carbocycles. The predicted molar refractivity (Wildman–Crippen MR) is 72.1 cm³/mol. The molecule has 1 aromatic carbocycles. The summed E-state index contributed by atoms with van der Waals surface area (Å²) in [6.07, 6.45) is 0. The van der Waals surface area contributed by atoms with Crippen molar-refractivity contribution in [3.63, 3.8) is 0 Å². The SMILES string of the molecule is Cn1nnc(Br)c1S(=O)(=O)Nc1ccc2c(c1)OCO2. The van der Waals surface area contributed by atoms with E-state index in [1.54, 1.807) is 18.2 Å². The highest BCUT2D eigenvalue weighted by atomic mass is 79.9. The van der Waals surface area contributed by atoms with Crippen LogP contribution >= 0.6 is 15.9 Å². The molecule has 0 spiro atoms. The molecule has 0 unspecified atom stereocenters. The zero-order chi connectivity index (χ0) is 14.3. The van der Waals surface area contributed by atoms with Gasteiger partial charge in [0.05, 0.1) is 5.69 Å². The summed E-state index contributed by atoms with van der Waals surface area (Å²) in [5, 5.41) is 7.23. The van der Waals surface area contributed by atoms with E-state index in [9.17, 15) is 8.42 Å². The van der Waals surface area contributed by atoms with Gasteiger partial charge in [0.2, 0.25) is 11.8 Å². The van der Waals surface area contributed by atoms with Crippen molar-refractivity contribution in [2.45, 2.75) is 5.03 Å². The molecule has 0 saturated carbocycles. The maximum atomic E-state index is 12.3. The van der Waals surface area contributed by atoms with Gasteiger partial charge < -0.3 is 9.47 Å². The summed E-state index contributed by atoms with van der Waals surface area (Å²) in [5.41, 5.74) is 0.363. The normalized spacial score (nSPS) is 13.5. The van der Waals surface area contributed by atoms with Crippen LogP contribution in [0.1, 0.15) is 0 Å². The molecule has 2 heterocycles. The number of rotatable bonds is 3. The van der Waals surface area contributed by atoms with Crippen LogP contribution in [0, 0.1) is 0 Å². The van der Waals surface area contributed by atoms with Gasteiger partial charge in [-0.3, -0.25) is 4.72 Å². The quantitative estimate of drug-likeness (QED) is 0.880. The van der Waals surface area contributed by atoms with Crippen LogP contribution in [0.3, 0.4) is 0 Å². The van der Waals surface area contributed by atoms with Gasteiger partial charge >= 0.3 is 0 Å². The van der Waals surface area contributed by atoms with Crippen molar-refractivity contribution in [3.8, 4) is 11.5 Å². The number of benzene rings is 1. The Hall–Kier alpha value is -1.81. The fourth-order valence-corrected chi connectivity index (χ4v) is 3.92. The highest BCUT2D eigenvalue weighted by Gasteiger charge is 2.24. The molecule has 1 aromatic heterocycles. The third-order valence-electron chi connectivity index (χ3n) is 2.62. The van der Waals surface area contributed by atoms with Gasteiger partial charge in [0.25, 0.3) is 10.0 Å². The van der Waals surface area contributed by atoms with Crippen LogP contribution < -0.4 is 14.2 Å². The van der Waals surface area contributed by atoms with Crippen LogP contribution in [0.4, 0.5) is 5.69 Å². The first-order valence-corrected chi connectivity index (χ1v) is 7.72. The lowest BCUT2D eigenvalue weighted by Gasteiger charge is -2.08. The van der Waals surface area contributed by atoms with E-state index in [-0.39, 0.29) is 16.4 Å². The fraction of sp³-hybridized carbons (Fsp3) is 0.200. The van der Waals surface area contributed by atoms with Gasteiger partial charge in [-0.25, -0.2) is 4.68 Å². The summed E-state index contributed by atoms with van der Waals surface area (Å²) in [6.45, 7) is 0.128. The number of sulfonamides is 1. The molecule has 0 atom stereocenters. The number of halogens is 1. The van der Waals surface area contributed by atoms with Gasteiger partial charge in [-0.1, -0.05) is 5.21 Å². The lowest BCUT2D eigenvalue weighted by Crippen LogP contribution is -2.17. The van der Waals surface area contributed by atoms with E-state index in [4.69, 9.17) is 9.47 Å². The zero-order valence-corrected chi connectivity index (χ0v) is 12.6. The minimum Gasteiger partial charge on any atom is -0.454 e. The summed E-state index contributed by atoms with van der Waals surface area (Å²) < 4.78 is 38.7. The van der Waals surface area contributed by atoms with Crippen molar-refractivity contribution in [2.24, 2.45) is 7.05 Å². The number of hydrogen-bond acceptors (Lipinski definition) is 6. The second kappa shape index (κ2) is 4.63. The highest BCUT2D eigenvalue weighted by Crippen LogP contribution is 2.35. The highest BCUT2D eigenvalue weighted by molar-refractivity contribution is 9.10. The molecular weight excluding hydrogens is 352 g/mol. The average Bonchev–Trinajstić information content (AvgIpc) is 2.95. The lowest BCUT2D eigenvalue weighted by atomic mass is 10.3. The van der Waals surface area contributed by atoms with Crippen LogP contribution in [-0.4, -0.2) is 30.2 Å². The Bertz CT molecular complexity index is 754. The predicted octanol–water partition coefficient (Wildman–Crippen LogP) is 1.11. The van der Waals surface area contributed by atoms with Crippen molar-refractivity contribution < 1.29 is 17.9 Å². The Kier molecular flexibility index (Phi) is 3.05. The molecule has 10 heteroatoms. The Morgan fingerprint density at radius 1 is 1.35 bits per heavy atom. The van der Waals surface area contributed by atoms with Crippen molar-refractivity contribution in [1.82, 2.24) is 15.0 Å². The Morgan fingerprint density at radius 3 is 2.80 bits per heavy atom. The van der Waals surface area contributed by atoms with Crippen molar-refractivity contribution >= 4 is 31.6 Å². The summed E-state index contributed by atoms with van der Waals surface area (Å²) in [6, 6.07) is 4.77. The van der Waals surface area contributed by atoms with E-state index in [0.29, 0.717) is 17.2 Å².